The van der Waals surface area contributed by atoms with Gasteiger partial charge < -0.3 is 0 Å². The van der Waals surface area contributed by atoms with E-state index in [1.165, 1.54) is 5.56 Å². The molecule has 0 unspecified atom stereocenters. The summed E-state index contributed by atoms with van der Waals surface area (Å²) in [5.74, 6) is 0.472. The average molecular weight is 324 g/mol. The molecule has 2 heterocycles. The SMILES string of the molecule is CC(C)c1cc2cccnc2nc1C=CI. The molecule has 2 rings (SSSR count). The van der Waals surface area contributed by atoms with Crippen molar-refractivity contribution in [1.82, 2.24) is 9.97 Å². The van der Waals surface area contributed by atoms with Gasteiger partial charge in [-0.15, -0.1) is 0 Å². The van der Waals surface area contributed by atoms with Gasteiger partial charge in [0.2, 0.25) is 0 Å². The van der Waals surface area contributed by atoms with Crippen LogP contribution in [0.2, 0.25) is 0 Å². The van der Waals surface area contributed by atoms with Gasteiger partial charge in [-0.3, -0.25) is 0 Å². The van der Waals surface area contributed by atoms with E-state index in [1.54, 1.807) is 6.20 Å². The van der Waals surface area contributed by atoms with E-state index in [2.05, 4.69) is 58.5 Å². The first-order valence-electron chi connectivity index (χ1n) is 5.25. The maximum Gasteiger partial charge on any atom is 0.159 e. The third-order valence-electron chi connectivity index (χ3n) is 2.49. The first kappa shape index (κ1) is 11.5. The monoisotopic (exact) mass is 324 g/mol. The third kappa shape index (κ3) is 2.24. The summed E-state index contributed by atoms with van der Waals surface area (Å²) in [5.41, 5.74) is 3.11. The zero-order valence-corrected chi connectivity index (χ0v) is 11.5. The van der Waals surface area contributed by atoms with Crippen LogP contribution in [-0.4, -0.2) is 9.97 Å². The van der Waals surface area contributed by atoms with Crippen LogP contribution < -0.4 is 0 Å². The van der Waals surface area contributed by atoms with Crippen molar-refractivity contribution in [3.05, 3.63) is 39.7 Å². The molecule has 0 amide bonds. The molecular formula is C13H13IN2. The number of fused-ring (bicyclic) bond motifs is 1. The van der Waals surface area contributed by atoms with E-state index in [4.69, 9.17) is 0 Å². The van der Waals surface area contributed by atoms with Crippen LogP contribution in [0.5, 0.6) is 0 Å². The Labute approximate surface area is 109 Å². The van der Waals surface area contributed by atoms with E-state index < -0.39 is 0 Å². The molecule has 3 heteroatoms. The second kappa shape index (κ2) is 4.91. The number of rotatable bonds is 2. The molecule has 2 aromatic rings. The van der Waals surface area contributed by atoms with Crippen molar-refractivity contribution in [2.75, 3.05) is 0 Å². The summed E-state index contributed by atoms with van der Waals surface area (Å²) < 4.78 is 1.99. The first-order chi connectivity index (χ1) is 7.72. The minimum absolute atomic E-state index is 0.472. The topological polar surface area (TPSA) is 25.8 Å². The summed E-state index contributed by atoms with van der Waals surface area (Å²) in [6.45, 7) is 4.37. The highest BCUT2D eigenvalue weighted by molar-refractivity contribution is 14.1. The molecular weight excluding hydrogens is 311 g/mol. The normalized spacial score (nSPS) is 11.8. The van der Waals surface area contributed by atoms with Crippen molar-refractivity contribution >= 4 is 39.7 Å². The Hall–Kier alpha value is -0.970. The molecule has 0 spiro atoms. The third-order valence-corrected chi connectivity index (χ3v) is 2.85. The lowest BCUT2D eigenvalue weighted by molar-refractivity contribution is 0.857. The standard InChI is InChI=1S/C13H13IN2/c1-9(2)11-8-10-4-3-7-15-13(10)16-12(11)5-6-14/h3-9H,1-2H3. The summed E-state index contributed by atoms with van der Waals surface area (Å²) in [4.78, 5) is 8.86. The van der Waals surface area contributed by atoms with Crippen molar-refractivity contribution in [2.24, 2.45) is 0 Å². The molecule has 0 fully saturated rings. The minimum atomic E-state index is 0.472. The van der Waals surface area contributed by atoms with Gasteiger partial charge in [0.15, 0.2) is 5.65 Å². The van der Waals surface area contributed by atoms with E-state index in [9.17, 15) is 0 Å². The predicted octanol–water partition coefficient (Wildman–Crippen LogP) is 4.16. The van der Waals surface area contributed by atoms with Crippen LogP contribution in [0.25, 0.3) is 17.1 Å². The number of pyridine rings is 2. The lowest BCUT2D eigenvalue weighted by Gasteiger charge is -2.10. The largest absolute Gasteiger partial charge is 0.237 e. The summed E-state index contributed by atoms with van der Waals surface area (Å²) in [7, 11) is 0. The van der Waals surface area contributed by atoms with Gasteiger partial charge in [-0.25, -0.2) is 9.97 Å². The van der Waals surface area contributed by atoms with Gasteiger partial charge in [-0.1, -0.05) is 36.4 Å². The predicted molar refractivity (Wildman–Crippen MR) is 76.7 cm³/mol. The molecule has 0 atom stereocenters. The first-order valence-corrected chi connectivity index (χ1v) is 6.49. The maximum absolute atomic E-state index is 4.58. The van der Waals surface area contributed by atoms with Crippen LogP contribution in [-0.2, 0) is 0 Å². The second-order valence-corrected chi connectivity index (χ2v) is 4.68. The molecule has 0 bridgehead atoms. The van der Waals surface area contributed by atoms with E-state index in [0.29, 0.717) is 5.92 Å². The highest BCUT2D eigenvalue weighted by Crippen LogP contribution is 2.23. The average Bonchev–Trinajstić information content (AvgIpc) is 2.28. The van der Waals surface area contributed by atoms with Gasteiger partial charge in [-0.05, 0) is 39.8 Å². The molecule has 0 N–H and O–H groups in total. The van der Waals surface area contributed by atoms with E-state index in [-0.39, 0.29) is 0 Å². The Bertz CT molecular complexity index is 532. The number of hydrogen-bond donors (Lipinski definition) is 0. The van der Waals surface area contributed by atoms with E-state index in [1.807, 2.05) is 16.2 Å². The molecule has 0 saturated heterocycles. The number of halogens is 1. The van der Waals surface area contributed by atoms with Gasteiger partial charge in [-0.2, -0.15) is 0 Å². The lowest BCUT2D eigenvalue weighted by atomic mass is 10.00. The molecule has 82 valence electrons. The minimum Gasteiger partial charge on any atom is -0.237 e. The van der Waals surface area contributed by atoms with Gasteiger partial charge in [0.05, 0.1) is 5.69 Å². The Morgan fingerprint density at radius 1 is 1.38 bits per heavy atom. The van der Waals surface area contributed by atoms with E-state index >= 15 is 0 Å². The van der Waals surface area contributed by atoms with Gasteiger partial charge in [0.25, 0.3) is 0 Å². The van der Waals surface area contributed by atoms with Crippen LogP contribution >= 0.6 is 22.6 Å². The lowest BCUT2D eigenvalue weighted by Crippen LogP contribution is -1.97. The number of hydrogen-bond acceptors (Lipinski definition) is 2. The van der Waals surface area contributed by atoms with Crippen molar-refractivity contribution in [3.63, 3.8) is 0 Å². The van der Waals surface area contributed by atoms with Crippen molar-refractivity contribution in [1.29, 1.82) is 0 Å². The molecule has 0 aliphatic heterocycles. The number of nitrogens with zero attached hydrogens (tertiary/aromatic N) is 2. The Morgan fingerprint density at radius 3 is 2.88 bits per heavy atom. The number of aromatic nitrogens is 2. The fourth-order valence-corrected chi connectivity index (χ4v) is 2.03. The molecule has 0 saturated carbocycles. The molecule has 0 aliphatic rings. The molecule has 0 radical (unpaired) electrons. The zero-order chi connectivity index (χ0) is 11.5. The van der Waals surface area contributed by atoms with Crippen molar-refractivity contribution in [3.8, 4) is 0 Å². The van der Waals surface area contributed by atoms with Gasteiger partial charge in [0.1, 0.15) is 0 Å². The van der Waals surface area contributed by atoms with Crippen LogP contribution in [0.1, 0.15) is 31.0 Å². The molecule has 0 aromatic carbocycles. The smallest absolute Gasteiger partial charge is 0.159 e. The molecule has 0 aliphatic carbocycles. The van der Waals surface area contributed by atoms with Crippen LogP contribution in [0.4, 0.5) is 0 Å². The van der Waals surface area contributed by atoms with Crippen LogP contribution in [0, 0.1) is 0 Å². The zero-order valence-electron chi connectivity index (χ0n) is 9.31. The maximum atomic E-state index is 4.58. The molecule has 2 aromatic heterocycles. The second-order valence-electron chi connectivity index (χ2n) is 3.96. The Morgan fingerprint density at radius 2 is 2.19 bits per heavy atom. The Kier molecular flexibility index (Phi) is 3.53. The highest BCUT2D eigenvalue weighted by Gasteiger charge is 2.08. The summed E-state index contributed by atoms with van der Waals surface area (Å²) in [5, 5.41) is 1.11. The van der Waals surface area contributed by atoms with Crippen molar-refractivity contribution < 1.29 is 0 Å². The van der Waals surface area contributed by atoms with Crippen LogP contribution in [0.15, 0.2) is 28.5 Å². The van der Waals surface area contributed by atoms with E-state index in [0.717, 1.165) is 16.7 Å². The molecule has 16 heavy (non-hydrogen) atoms. The summed E-state index contributed by atoms with van der Waals surface area (Å²) >= 11 is 2.21. The quantitative estimate of drug-likeness (QED) is 0.775. The fourth-order valence-electron chi connectivity index (χ4n) is 1.69. The van der Waals surface area contributed by atoms with Gasteiger partial charge >= 0.3 is 0 Å². The van der Waals surface area contributed by atoms with Crippen molar-refractivity contribution in [2.45, 2.75) is 19.8 Å². The fraction of sp³-hybridized carbons (Fsp3) is 0.231. The molecule has 2 nitrogen and oxygen atoms in total. The summed E-state index contributed by atoms with van der Waals surface area (Å²) in [6, 6.07) is 6.19. The Balaban J connectivity index is 2.70. The summed E-state index contributed by atoms with van der Waals surface area (Å²) in [6.07, 6.45) is 3.81. The van der Waals surface area contributed by atoms with Gasteiger partial charge in [0, 0.05) is 11.6 Å². The highest BCUT2D eigenvalue weighted by atomic mass is 127. The van der Waals surface area contributed by atoms with Crippen LogP contribution in [0.3, 0.4) is 0 Å².